The largest absolute Gasteiger partial charge is 0.366 e. The second kappa shape index (κ2) is 3.23. The van der Waals surface area contributed by atoms with E-state index in [-0.39, 0.29) is 5.91 Å². The lowest BCUT2D eigenvalue weighted by atomic mass is 10.2. The average molecular weight is 152 g/mol. The first-order valence-corrected chi connectivity index (χ1v) is 3.55. The second-order valence-corrected chi connectivity index (χ2v) is 2.44. The molecule has 11 heavy (non-hydrogen) atoms. The molecule has 3 nitrogen and oxygen atoms in total. The van der Waals surface area contributed by atoms with Crippen molar-refractivity contribution in [2.24, 2.45) is 0 Å². The van der Waals surface area contributed by atoms with Gasteiger partial charge in [0.1, 0.15) is 5.70 Å². The lowest BCUT2D eigenvalue weighted by Gasteiger charge is -2.21. The Morgan fingerprint density at radius 1 is 1.73 bits per heavy atom. The lowest BCUT2D eigenvalue weighted by Crippen LogP contribution is -2.31. The normalized spacial score (nSPS) is 16.2. The number of likely N-dealkylation sites (N-methyl/N-ethyl adjacent to an activating group) is 2. The van der Waals surface area contributed by atoms with Gasteiger partial charge in [-0.1, -0.05) is 12.2 Å². The van der Waals surface area contributed by atoms with E-state index in [1.807, 2.05) is 30.2 Å². The zero-order chi connectivity index (χ0) is 8.27. The molecule has 1 amide bonds. The molecule has 1 rings (SSSR count). The first kappa shape index (κ1) is 7.85. The Balaban J connectivity index is 2.75. The minimum Gasteiger partial charge on any atom is -0.366 e. The van der Waals surface area contributed by atoms with Gasteiger partial charge in [-0.25, -0.2) is 0 Å². The topological polar surface area (TPSA) is 32.3 Å². The van der Waals surface area contributed by atoms with Crippen LogP contribution in [0, 0.1) is 0 Å². The summed E-state index contributed by atoms with van der Waals surface area (Å²) in [4.78, 5) is 13.0. The molecule has 0 aliphatic carbocycles. The highest BCUT2D eigenvalue weighted by molar-refractivity contribution is 5.93. The summed E-state index contributed by atoms with van der Waals surface area (Å²) in [6.07, 6.45) is 5.71. The predicted molar refractivity (Wildman–Crippen MR) is 43.9 cm³/mol. The summed E-state index contributed by atoms with van der Waals surface area (Å²) in [5.74, 6) is -0.0307. The Morgan fingerprint density at radius 2 is 2.45 bits per heavy atom. The first-order chi connectivity index (χ1) is 5.25. The van der Waals surface area contributed by atoms with Crippen LogP contribution in [-0.4, -0.2) is 31.4 Å². The number of allylic oxidation sites excluding steroid dienone is 2. The van der Waals surface area contributed by atoms with Crippen LogP contribution in [0.15, 0.2) is 23.9 Å². The molecule has 1 N–H and O–H groups in total. The quantitative estimate of drug-likeness (QED) is 0.578. The standard InChI is InChI=1S/C8H12N2O/c1-9-8(11)7-5-3-4-6-10(7)2/h3-5H,6H2,1-2H3,(H,9,11). The number of hydrogen-bond donors (Lipinski definition) is 1. The van der Waals surface area contributed by atoms with Gasteiger partial charge in [-0.15, -0.1) is 0 Å². The van der Waals surface area contributed by atoms with Crippen molar-refractivity contribution in [3.63, 3.8) is 0 Å². The third kappa shape index (κ3) is 1.61. The lowest BCUT2D eigenvalue weighted by molar-refractivity contribution is -0.118. The monoisotopic (exact) mass is 152 g/mol. The molecule has 0 bridgehead atoms. The smallest absolute Gasteiger partial charge is 0.267 e. The Labute approximate surface area is 66.4 Å². The second-order valence-electron chi connectivity index (χ2n) is 2.44. The maximum atomic E-state index is 11.1. The molecular weight excluding hydrogens is 140 g/mol. The predicted octanol–water partition coefficient (Wildman–Crippen LogP) is 0.118. The zero-order valence-corrected chi connectivity index (χ0v) is 6.79. The number of rotatable bonds is 1. The molecule has 0 saturated heterocycles. The fraction of sp³-hybridized carbons (Fsp3) is 0.375. The highest BCUT2D eigenvalue weighted by Gasteiger charge is 2.12. The van der Waals surface area contributed by atoms with Gasteiger partial charge in [0.05, 0.1) is 0 Å². The van der Waals surface area contributed by atoms with Crippen LogP contribution in [0.1, 0.15) is 0 Å². The molecule has 0 aromatic heterocycles. The summed E-state index contributed by atoms with van der Waals surface area (Å²) in [5.41, 5.74) is 0.718. The average Bonchev–Trinajstić information content (AvgIpc) is 2.04. The van der Waals surface area contributed by atoms with E-state index in [2.05, 4.69) is 5.32 Å². The van der Waals surface area contributed by atoms with E-state index in [1.165, 1.54) is 0 Å². The van der Waals surface area contributed by atoms with E-state index >= 15 is 0 Å². The van der Waals surface area contributed by atoms with Crippen molar-refractivity contribution in [1.29, 1.82) is 0 Å². The minimum atomic E-state index is -0.0307. The summed E-state index contributed by atoms with van der Waals surface area (Å²) in [7, 11) is 3.53. The molecule has 0 aromatic carbocycles. The number of hydrogen-bond acceptors (Lipinski definition) is 2. The Bertz CT molecular complexity index is 218. The van der Waals surface area contributed by atoms with Crippen molar-refractivity contribution in [3.8, 4) is 0 Å². The van der Waals surface area contributed by atoms with E-state index in [4.69, 9.17) is 0 Å². The number of nitrogens with one attached hydrogen (secondary N) is 1. The molecule has 0 spiro atoms. The fourth-order valence-corrected chi connectivity index (χ4v) is 0.981. The van der Waals surface area contributed by atoms with E-state index in [0.717, 1.165) is 12.2 Å². The fourth-order valence-electron chi connectivity index (χ4n) is 0.981. The summed E-state index contributed by atoms with van der Waals surface area (Å²) < 4.78 is 0. The third-order valence-electron chi connectivity index (χ3n) is 1.64. The third-order valence-corrected chi connectivity index (χ3v) is 1.64. The van der Waals surface area contributed by atoms with Crippen molar-refractivity contribution < 1.29 is 4.79 Å². The number of nitrogens with zero attached hydrogens (tertiary/aromatic N) is 1. The van der Waals surface area contributed by atoms with Crippen molar-refractivity contribution in [2.75, 3.05) is 20.6 Å². The first-order valence-electron chi connectivity index (χ1n) is 3.55. The van der Waals surface area contributed by atoms with Crippen LogP contribution >= 0.6 is 0 Å². The van der Waals surface area contributed by atoms with Crippen LogP contribution in [0.2, 0.25) is 0 Å². The van der Waals surface area contributed by atoms with Gasteiger partial charge in [-0.05, 0) is 6.08 Å². The van der Waals surface area contributed by atoms with E-state index < -0.39 is 0 Å². The van der Waals surface area contributed by atoms with Gasteiger partial charge in [0, 0.05) is 20.6 Å². The maximum Gasteiger partial charge on any atom is 0.267 e. The van der Waals surface area contributed by atoms with Gasteiger partial charge < -0.3 is 10.2 Å². The summed E-state index contributed by atoms with van der Waals surface area (Å²) >= 11 is 0. The molecular formula is C8H12N2O. The van der Waals surface area contributed by atoms with Gasteiger partial charge in [0.2, 0.25) is 0 Å². The molecule has 3 heteroatoms. The van der Waals surface area contributed by atoms with Crippen LogP contribution in [0.25, 0.3) is 0 Å². The Morgan fingerprint density at radius 3 is 3.00 bits per heavy atom. The molecule has 1 aliphatic rings. The summed E-state index contributed by atoms with van der Waals surface area (Å²) in [5, 5.41) is 2.58. The van der Waals surface area contributed by atoms with Crippen LogP contribution in [0.4, 0.5) is 0 Å². The number of amides is 1. The van der Waals surface area contributed by atoms with Crippen molar-refractivity contribution in [1.82, 2.24) is 10.2 Å². The van der Waals surface area contributed by atoms with E-state index in [9.17, 15) is 4.79 Å². The number of carbonyl (C=O) groups is 1. The van der Waals surface area contributed by atoms with Gasteiger partial charge in [-0.3, -0.25) is 4.79 Å². The Kier molecular flexibility index (Phi) is 2.31. The molecule has 0 radical (unpaired) electrons. The maximum absolute atomic E-state index is 11.1. The Hall–Kier alpha value is -1.25. The number of carbonyl (C=O) groups excluding carboxylic acids is 1. The van der Waals surface area contributed by atoms with E-state index in [1.54, 1.807) is 7.05 Å². The van der Waals surface area contributed by atoms with Gasteiger partial charge >= 0.3 is 0 Å². The SMILES string of the molecule is CNC(=O)C1=CC=CCN1C. The van der Waals surface area contributed by atoms with E-state index in [0.29, 0.717) is 0 Å². The molecule has 1 aliphatic heterocycles. The highest BCUT2D eigenvalue weighted by Crippen LogP contribution is 2.06. The molecule has 0 aromatic rings. The molecule has 0 atom stereocenters. The van der Waals surface area contributed by atoms with Crippen molar-refractivity contribution in [2.45, 2.75) is 0 Å². The summed E-state index contributed by atoms with van der Waals surface area (Å²) in [6.45, 7) is 0.805. The van der Waals surface area contributed by atoms with Gasteiger partial charge in [0.15, 0.2) is 0 Å². The van der Waals surface area contributed by atoms with Crippen LogP contribution in [0.5, 0.6) is 0 Å². The zero-order valence-electron chi connectivity index (χ0n) is 6.79. The van der Waals surface area contributed by atoms with Gasteiger partial charge in [-0.2, -0.15) is 0 Å². The van der Waals surface area contributed by atoms with Crippen molar-refractivity contribution >= 4 is 5.91 Å². The molecule has 60 valence electrons. The molecule has 1 heterocycles. The van der Waals surface area contributed by atoms with Crippen molar-refractivity contribution in [3.05, 3.63) is 23.9 Å². The highest BCUT2D eigenvalue weighted by atomic mass is 16.2. The minimum absolute atomic E-state index is 0.0307. The molecule has 0 saturated carbocycles. The molecule has 0 fully saturated rings. The summed E-state index contributed by atoms with van der Waals surface area (Å²) in [6, 6.07) is 0. The molecule has 0 unspecified atom stereocenters. The van der Waals surface area contributed by atoms with Crippen LogP contribution in [0.3, 0.4) is 0 Å². The van der Waals surface area contributed by atoms with Gasteiger partial charge in [0.25, 0.3) is 5.91 Å². The van der Waals surface area contributed by atoms with Crippen LogP contribution in [-0.2, 0) is 4.79 Å². The van der Waals surface area contributed by atoms with Crippen LogP contribution < -0.4 is 5.32 Å².